The van der Waals surface area contributed by atoms with Crippen molar-refractivity contribution in [3.05, 3.63) is 47.8 Å². The van der Waals surface area contributed by atoms with Gasteiger partial charge in [-0.2, -0.15) is 5.10 Å². The van der Waals surface area contributed by atoms with Crippen molar-refractivity contribution in [1.82, 2.24) is 14.7 Å². The topological polar surface area (TPSA) is 75.4 Å². The Morgan fingerprint density at radius 2 is 2.00 bits per heavy atom. The van der Waals surface area contributed by atoms with Crippen molar-refractivity contribution in [2.75, 3.05) is 13.1 Å². The highest BCUT2D eigenvalue weighted by Crippen LogP contribution is 2.31. The van der Waals surface area contributed by atoms with Crippen LogP contribution in [0.25, 0.3) is 0 Å². The fourth-order valence-electron chi connectivity index (χ4n) is 3.34. The van der Waals surface area contributed by atoms with E-state index in [1.54, 1.807) is 13.0 Å². The first-order chi connectivity index (χ1) is 13.0. The molecule has 1 aliphatic rings. The number of nitrogens with zero attached hydrogens (tertiary/aromatic N) is 3. The summed E-state index contributed by atoms with van der Waals surface area (Å²) in [6, 6.07) is 7.28. The van der Waals surface area contributed by atoms with Gasteiger partial charge in [0, 0.05) is 30.7 Å². The van der Waals surface area contributed by atoms with Gasteiger partial charge in [0.25, 0.3) is 5.91 Å². The van der Waals surface area contributed by atoms with Crippen LogP contribution >= 0.6 is 11.8 Å². The molecule has 1 N–H and O–H groups in total. The summed E-state index contributed by atoms with van der Waals surface area (Å²) >= 11 is 1.22. The second kappa shape index (κ2) is 8.61. The number of carboxylic acids is 1. The molecule has 0 bridgehead atoms. The number of aryl methyl sites for hydroxylation is 1. The number of piperidine rings is 1. The first kappa shape index (κ1) is 19.5. The number of thioether (sulfide) groups is 1. The standard InChI is InChI=1S/C20H25N3O3S/c1-3-23-13-16(12-21-23)15-8-10-22(11-9-15)19(24)17-6-4-5-7-18(17)27-14(2)20(25)26/h4-7,12-15H,3,8-11H2,1-2H3,(H,25,26). The van der Waals surface area contributed by atoms with E-state index in [1.165, 1.54) is 17.3 Å². The van der Waals surface area contributed by atoms with E-state index in [1.807, 2.05) is 34.0 Å². The van der Waals surface area contributed by atoms with E-state index in [0.29, 0.717) is 24.6 Å². The summed E-state index contributed by atoms with van der Waals surface area (Å²) in [5, 5.41) is 12.9. The Hall–Kier alpha value is -2.28. The lowest BCUT2D eigenvalue weighted by atomic mass is 9.91. The van der Waals surface area contributed by atoms with Gasteiger partial charge < -0.3 is 10.0 Å². The predicted octanol–water partition coefficient (Wildman–Crippen LogP) is 3.49. The first-order valence-electron chi connectivity index (χ1n) is 9.29. The molecule has 1 unspecified atom stereocenters. The second-order valence-corrected chi connectivity index (χ2v) is 8.17. The zero-order chi connectivity index (χ0) is 19.4. The summed E-state index contributed by atoms with van der Waals surface area (Å²) < 4.78 is 1.93. The Morgan fingerprint density at radius 1 is 1.30 bits per heavy atom. The average molecular weight is 388 g/mol. The van der Waals surface area contributed by atoms with Gasteiger partial charge in [0.1, 0.15) is 5.25 Å². The van der Waals surface area contributed by atoms with Gasteiger partial charge in [0.15, 0.2) is 0 Å². The van der Waals surface area contributed by atoms with Crippen LogP contribution in [-0.4, -0.2) is 50.0 Å². The van der Waals surface area contributed by atoms with Crippen LogP contribution in [0.4, 0.5) is 0 Å². The highest BCUT2D eigenvalue weighted by molar-refractivity contribution is 8.00. The van der Waals surface area contributed by atoms with Crippen LogP contribution in [0.3, 0.4) is 0 Å². The summed E-state index contributed by atoms with van der Waals surface area (Å²) in [6.45, 7) is 5.97. The van der Waals surface area contributed by atoms with Crippen LogP contribution in [0.2, 0.25) is 0 Å². The molecular weight excluding hydrogens is 362 g/mol. The van der Waals surface area contributed by atoms with Crippen LogP contribution in [0.1, 0.15) is 48.5 Å². The number of likely N-dealkylation sites (tertiary alicyclic amines) is 1. The molecular formula is C20H25N3O3S. The zero-order valence-electron chi connectivity index (χ0n) is 15.7. The quantitative estimate of drug-likeness (QED) is 0.768. The molecule has 1 aliphatic heterocycles. The minimum Gasteiger partial charge on any atom is -0.480 e. The molecule has 6 nitrogen and oxygen atoms in total. The monoisotopic (exact) mass is 387 g/mol. The zero-order valence-corrected chi connectivity index (χ0v) is 16.5. The Balaban J connectivity index is 1.66. The average Bonchev–Trinajstić information content (AvgIpc) is 3.17. The second-order valence-electron chi connectivity index (χ2n) is 6.79. The minimum atomic E-state index is -0.879. The minimum absolute atomic E-state index is 0.0154. The summed E-state index contributed by atoms with van der Waals surface area (Å²) in [7, 11) is 0. The van der Waals surface area contributed by atoms with Crippen molar-refractivity contribution in [3.63, 3.8) is 0 Å². The summed E-state index contributed by atoms with van der Waals surface area (Å²) in [4.78, 5) is 26.8. The van der Waals surface area contributed by atoms with E-state index in [0.717, 1.165) is 24.3 Å². The van der Waals surface area contributed by atoms with Crippen LogP contribution in [0, 0.1) is 0 Å². The molecule has 27 heavy (non-hydrogen) atoms. The Kier molecular flexibility index (Phi) is 6.21. The summed E-state index contributed by atoms with van der Waals surface area (Å²) in [6.07, 6.45) is 5.87. The van der Waals surface area contributed by atoms with Gasteiger partial charge in [0.05, 0.1) is 11.8 Å². The molecule has 7 heteroatoms. The van der Waals surface area contributed by atoms with E-state index >= 15 is 0 Å². The number of carbonyl (C=O) groups is 2. The lowest BCUT2D eigenvalue weighted by molar-refractivity contribution is -0.136. The van der Waals surface area contributed by atoms with E-state index < -0.39 is 11.2 Å². The third-order valence-electron chi connectivity index (χ3n) is 5.00. The molecule has 2 aromatic rings. The fourth-order valence-corrected chi connectivity index (χ4v) is 4.26. The SMILES string of the molecule is CCn1cc(C2CCN(C(=O)c3ccccc3SC(C)C(=O)O)CC2)cn1. The van der Waals surface area contributed by atoms with Gasteiger partial charge >= 0.3 is 5.97 Å². The fraction of sp³-hybridized carbons (Fsp3) is 0.450. The molecule has 0 saturated carbocycles. The largest absolute Gasteiger partial charge is 0.480 e. The lowest BCUT2D eigenvalue weighted by Gasteiger charge is -2.32. The Labute approximate surface area is 163 Å². The molecule has 1 fully saturated rings. The number of rotatable bonds is 6. The van der Waals surface area contributed by atoms with Gasteiger partial charge in [-0.15, -0.1) is 11.8 Å². The van der Waals surface area contributed by atoms with E-state index in [-0.39, 0.29) is 5.91 Å². The summed E-state index contributed by atoms with van der Waals surface area (Å²) in [5.41, 5.74) is 1.84. The van der Waals surface area contributed by atoms with Gasteiger partial charge in [0.2, 0.25) is 0 Å². The van der Waals surface area contributed by atoms with Crippen LogP contribution in [-0.2, 0) is 11.3 Å². The number of aliphatic carboxylic acids is 1. The van der Waals surface area contributed by atoms with E-state index in [2.05, 4.69) is 18.2 Å². The molecule has 2 heterocycles. The molecule has 1 aromatic carbocycles. The third kappa shape index (κ3) is 4.53. The number of carbonyl (C=O) groups excluding carboxylic acids is 1. The van der Waals surface area contributed by atoms with Crippen molar-refractivity contribution < 1.29 is 14.7 Å². The lowest BCUT2D eigenvalue weighted by Crippen LogP contribution is -2.38. The van der Waals surface area contributed by atoms with Crippen molar-refractivity contribution in [3.8, 4) is 0 Å². The number of aromatic nitrogens is 2. The molecule has 0 radical (unpaired) electrons. The van der Waals surface area contributed by atoms with Crippen molar-refractivity contribution >= 4 is 23.6 Å². The molecule has 0 aliphatic carbocycles. The Bertz CT molecular complexity index is 812. The highest BCUT2D eigenvalue weighted by Gasteiger charge is 2.27. The van der Waals surface area contributed by atoms with Crippen molar-refractivity contribution in [1.29, 1.82) is 0 Å². The number of hydrogen-bond donors (Lipinski definition) is 1. The number of hydrogen-bond acceptors (Lipinski definition) is 4. The number of benzene rings is 1. The Morgan fingerprint density at radius 3 is 2.63 bits per heavy atom. The first-order valence-corrected chi connectivity index (χ1v) is 10.2. The maximum absolute atomic E-state index is 13.0. The van der Waals surface area contributed by atoms with Crippen LogP contribution < -0.4 is 0 Å². The molecule has 144 valence electrons. The maximum atomic E-state index is 13.0. The third-order valence-corrected chi connectivity index (χ3v) is 6.16. The van der Waals surface area contributed by atoms with Gasteiger partial charge in [-0.3, -0.25) is 14.3 Å². The molecule has 0 spiro atoms. The van der Waals surface area contributed by atoms with Gasteiger partial charge in [-0.25, -0.2) is 0 Å². The smallest absolute Gasteiger partial charge is 0.316 e. The van der Waals surface area contributed by atoms with E-state index in [9.17, 15) is 9.59 Å². The van der Waals surface area contributed by atoms with Crippen molar-refractivity contribution in [2.24, 2.45) is 0 Å². The molecule has 3 rings (SSSR count). The molecule has 1 atom stereocenters. The number of amides is 1. The molecule has 1 amide bonds. The predicted molar refractivity (Wildman–Crippen MR) is 105 cm³/mol. The van der Waals surface area contributed by atoms with Crippen LogP contribution in [0.15, 0.2) is 41.6 Å². The molecule has 1 aromatic heterocycles. The van der Waals surface area contributed by atoms with Gasteiger partial charge in [-0.05, 0) is 50.3 Å². The molecule has 1 saturated heterocycles. The highest BCUT2D eigenvalue weighted by atomic mass is 32.2. The van der Waals surface area contributed by atoms with Gasteiger partial charge in [-0.1, -0.05) is 12.1 Å². The van der Waals surface area contributed by atoms with Crippen molar-refractivity contribution in [2.45, 2.75) is 49.3 Å². The van der Waals surface area contributed by atoms with E-state index in [4.69, 9.17) is 5.11 Å². The number of carboxylic acid groups (broad SMARTS) is 1. The summed E-state index contributed by atoms with van der Waals surface area (Å²) in [5.74, 6) is -0.458. The maximum Gasteiger partial charge on any atom is 0.316 e. The normalized spacial score (nSPS) is 16.3. The van der Waals surface area contributed by atoms with Crippen LogP contribution in [0.5, 0.6) is 0 Å².